The third-order valence-corrected chi connectivity index (χ3v) is 5.27. The van der Waals surface area contributed by atoms with Gasteiger partial charge >= 0.3 is 0 Å². The number of carbonyl (C=O) groups is 2. The Labute approximate surface area is 176 Å². The maximum absolute atomic E-state index is 12.5. The van der Waals surface area contributed by atoms with Crippen LogP contribution in [0.4, 0.5) is 5.69 Å². The van der Waals surface area contributed by atoms with Crippen molar-refractivity contribution in [3.8, 4) is 0 Å². The van der Waals surface area contributed by atoms with E-state index in [1.807, 2.05) is 53.2 Å². The van der Waals surface area contributed by atoms with E-state index in [9.17, 15) is 9.59 Å². The molecule has 1 aliphatic heterocycles. The Kier molecular flexibility index (Phi) is 7.63. The van der Waals surface area contributed by atoms with Crippen LogP contribution in [-0.2, 0) is 16.0 Å². The first-order valence-corrected chi connectivity index (χ1v) is 10.1. The summed E-state index contributed by atoms with van der Waals surface area (Å²) in [6.07, 6.45) is 0.622. The van der Waals surface area contributed by atoms with E-state index in [1.165, 1.54) is 0 Å². The van der Waals surface area contributed by atoms with Crippen molar-refractivity contribution in [3.63, 3.8) is 0 Å². The normalized spacial score (nSPS) is 14.1. The van der Waals surface area contributed by atoms with Gasteiger partial charge in [0.15, 0.2) is 0 Å². The molecule has 0 unspecified atom stereocenters. The van der Waals surface area contributed by atoms with E-state index < -0.39 is 0 Å². The van der Waals surface area contributed by atoms with Gasteiger partial charge in [-0.3, -0.25) is 14.5 Å². The van der Waals surface area contributed by atoms with Crippen molar-refractivity contribution >= 4 is 29.1 Å². The minimum Gasteiger partial charge on any atom is -0.378 e. The summed E-state index contributed by atoms with van der Waals surface area (Å²) in [6.45, 7) is 3.48. The first kappa shape index (κ1) is 21.3. The lowest BCUT2D eigenvalue weighted by Crippen LogP contribution is -2.45. The first-order chi connectivity index (χ1) is 14.0. The first-order valence-electron chi connectivity index (χ1n) is 9.72. The second-order valence-corrected chi connectivity index (χ2v) is 7.47. The van der Waals surface area contributed by atoms with E-state index in [-0.39, 0.29) is 11.8 Å². The minimum atomic E-state index is -0.176. The number of amides is 2. The average Bonchev–Trinajstić information content (AvgIpc) is 2.74. The van der Waals surface area contributed by atoms with Gasteiger partial charge in [0.05, 0.1) is 19.8 Å². The number of likely N-dealkylation sites (N-methyl/N-ethyl adjacent to an activating group) is 1. The summed E-state index contributed by atoms with van der Waals surface area (Å²) in [5.74, 6) is -0.0717. The highest BCUT2D eigenvalue weighted by atomic mass is 35.5. The number of halogens is 1. The van der Waals surface area contributed by atoms with E-state index in [0.29, 0.717) is 62.1 Å². The van der Waals surface area contributed by atoms with Crippen LogP contribution < -0.4 is 5.32 Å². The molecule has 1 N–H and O–H groups in total. The zero-order chi connectivity index (χ0) is 20.6. The number of nitrogens with zero attached hydrogens (tertiary/aromatic N) is 2. The molecule has 2 amide bonds. The lowest BCUT2D eigenvalue weighted by atomic mass is 10.1. The molecule has 0 bridgehead atoms. The fraction of sp³-hybridized carbons (Fsp3) is 0.364. The Hall–Kier alpha value is -2.41. The van der Waals surface area contributed by atoms with Gasteiger partial charge in [0.2, 0.25) is 5.91 Å². The molecule has 1 saturated heterocycles. The van der Waals surface area contributed by atoms with Gasteiger partial charge in [0.25, 0.3) is 5.91 Å². The average molecular weight is 416 g/mol. The van der Waals surface area contributed by atoms with Crippen LogP contribution in [0.2, 0.25) is 5.02 Å². The molecule has 1 fully saturated rings. The van der Waals surface area contributed by atoms with Crippen molar-refractivity contribution < 1.29 is 14.3 Å². The number of carbonyl (C=O) groups excluding carboxylic acids is 2. The lowest BCUT2D eigenvalue weighted by molar-refractivity contribution is -0.136. The minimum absolute atomic E-state index is 0.104. The molecule has 29 heavy (non-hydrogen) atoms. The lowest BCUT2D eigenvalue weighted by Gasteiger charge is -2.28. The summed E-state index contributed by atoms with van der Waals surface area (Å²) in [7, 11) is 1.91. The van der Waals surface area contributed by atoms with E-state index in [1.54, 1.807) is 12.1 Å². The number of hydrogen-bond donors (Lipinski definition) is 1. The SMILES string of the molecule is CN(CCc1c(Cl)cccc1NC(=O)c1ccccc1)CC(=O)N1CCOCC1. The number of benzene rings is 2. The number of hydrogen-bond acceptors (Lipinski definition) is 4. The van der Waals surface area contributed by atoms with E-state index in [0.717, 1.165) is 5.56 Å². The largest absolute Gasteiger partial charge is 0.378 e. The molecule has 0 spiro atoms. The van der Waals surface area contributed by atoms with Gasteiger partial charge < -0.3 is 15.0 Å². The van der Waals surface area contributed by atoms with Gasteiger partial charge in [-0.15, -0.1) is 0 Å². The van der Waals surface area contributed by atoms with Crippen molar-refractivity contribution in [1.29, 1.82) is 0 Å². The highest BCUT2D eigenvalue weighted by molar-refractivity contribution is 6.31. The molecule has 2 aromatic carbocycles. The zero-order valence-electron chi connectivity index (χ0n) is 16.6. The molecule has 0 radical (unpaired) electrons. The van der Waals surface area contributed by atoms with Gasteiger partial charge in [0.1, 0.15) is 0 Å². The monoisotopic (exact) mass is 415 g/mol. The van der Waals surface area contributed by atoms with E-state index >= 15 is 0 Å². The molecule has 1 aliphatic rings. The maximum atomic E-state index is 12.5. The number of anilines is 1. The molecule has 1 heterocycles. The molecule has 2 aromatic rings. The third kappa shape index (κ3) is 6.03. The Morgan fingerprint density at radius 1 is 1.10 bits per heavy atom. The second kappa shape index (κ2) is 10.4. The highest BCUT2D eigenvalue weighted by Gasteiger charge is 2.19. The van der Waals surface area contributed by atoms with Crippen LogP contribution in [0.5, 0.6) is 0 Å². The number of nitrogens with one attached hydrogen (secondary N) is 1. The van der Waals surface area contributed by atoms with Crippen molar-refractivity contribution in [2.24, 2.45) is 0 Å². The van der Waals surface area contributed by atoms with Crippen LogP contribution in [0.3, 0.4) is 0 Å². The fourth-order valence-corrected chi connectivity index (χ4v) is 3.51. The van der Waals surface area contributed by atoms with E-state index in [4.69, 9.17) is 16.3 Å². The van der Waals surface area contributed by atoms with Crippen LogP contribution in [0, 0.1) is 0 Å². The zero-order valence-corrected chi connectivity index (χ0v) is 17.3. The van der Waals surface area contributed by atoms with Crippen LogP contribution in [0.15, 0.2) is 48.5 Å². The predicted octanol–water partition coefficient (Wildman–Crippen LogP) is 2.93. The molecule has 0 aromatic heterocycles. The quantitative estimate of drug-likeness (QED) is 0.755. The Morgan fingerprint density at radius 3 is 2.55 bits per heavy atom. The van der Waals surface area contributed by atoms with Gasteiger partial charge in [-0.05, 0) is 43.3 Å². The van der Waals surface area contributed by atoms with E-state index in [2.05, 4.69) is 5.32 Å². The molecule has 7 heteroatoms. The topological polar surface area (TPSA) is 61.9 Å². The summed E-state index contributed by atoms with van der Waals surface area (Å²) in [5.41, 5.74) is 2.15. The smallest absolute Gasteiger partial charge is 0.255 e. The van der Waals surface area contributed by atoms with Crippen molar-refractivity contribution in [1.82, 2.24) is 9.80 Å². The molecule has 0 aliphatic carbocycles. The van der Waals surface area contributed by atoms with Gasteiger partial charge in [-0.1, -0.05) is 35.9 Å². The molecule has 0 saturated carbocycles. The standard InChI is InChI=1S/C22H26ClN3O3/c1-25(16-21(27)26-12-14-29-15-13-26)11-10-18-19(23)8-5-9-20(18)24-22(28)17-6-3-2-4-7-17/h2-9H,10-16H2,1H3,(H,24,28). The fourth-order valence-electron chi connectivity index (χ4n) is 3.24. The molecular weight excluding hydrogens is 390 g/mol. The van der Waals surface area contributed by atoms with Crippen molar-refractivity contribution in [3.05, 3.63) is 64.7 Å². The molecule has 6 nitrogen and oxygen atoms in total. The Bertz CT molecular complexity index is 838. The van der Waals surface area contributed by atoms with Gasteiger partial charge in [-0.25, -0.2) is 0 Å². The number of ether oxygens (including phenoxy) is 1. The maximum Gasteiger partial charge on any atom is 0.255 e. The van der Waals surface area contributed by atoms with Crippen LogP contribution in [0.25, 0.3) is 0 Å². The Balaban J connectivity index is 1.60. The summed E-state index contributed by atoms with van der Waals surface area (Å²) >= 11 is 6.41. The van der Waals surface area contributed by atoms with Crippen LogP contribution >= 0.6 is 11.6 Å². The Morgan fingerprint density at radius 2 is 1.83 bits per heavy atom. The molecule has 3 rings (SSSR count). The van der Waals surface area contributed by atoms with Crippen LogP contribution in [-0.4, -0.2) is 68.1 Å². The molecule has 154 valence electrons. The predicted molar refractivity (Wildman–Crippen MR) is 114 cm³/mol. The highest BCUT2D eigenvalue weighted by Crippen LogP contribution is 2.25. The van der Waals surface area contributed by atoms with Crippen molar-refractivity contribution in [2.45, 2.75) is 6.42 Å². The summed E-state index contributed by atoms with van der Waals surface area (Å²) in [5, 5.41) is 3.55. The molecule has 0 atom stereocenters. The van der Waals surface area contributed by atoms with Crippen molar-refractivity contribution in [2.75, 3.05) is 51.8 Å². The number of morpholine rings is 1. The second-order valence-electron chi connectivity index (χ2n) is 7.07. The van der Waals surface area contributed by atoms with Crippen LogP contribution in [0.1, 0.15) is 15.9 Å². The number of rotatable bonds is 7. The third-order valence-electron chi connectivity index (χ3n) is 4.92. The summed E-state index contributed by atoms with van der Waals surface area (Å²) in [4.78, 5) is 28.7. The molecular formula is C22H26ClN3O3. The van der Waals surface area contributed by atoms with Gasteiger partial charge in [-0.2, -0.15) is 0 Å². The summed E-state index contributed by atoms with van der Waals surface area (Å²) in [6, 6.07) is 14.5. The summed E-state index contributed by atoms with van der Waals surface area (Å²) < 4.78 is 5.29. The van der Waals surface area contributed by atoms with Gasteiger partial charge in [0, 0.05) is 35.9 Å².